The van der Waals surface area contributed by atoms with Crippen LogP contribution in [0.3, 0.4) is 0 Å². The summed E-state index contributed by atoms with van der Waals surface area (Å²) >= 11 is 0. The molecule has 2 aromatic carbocycles. The Morgan fingerprint density at radius 2 is 1.50 bits per heavy atom. The van der Waals surface area contributed by atoms with Gasteiger partial charge in [0.05, 0.1) is 11.3 Å². The molecule has 0 saturated heterocycles. The number of hydrogen-bond acceptors (Lipinski definition) is 4. The highest BCUT2D eigenvalue weighted by atomic mass is 16.6. The molecule has 3 N–H and O–H groups in total. The van der Waals surface area contributed by atoms with Crippen LogP contribution in [0.2, 0.25) is 0 Å². The predicted octanol–water partition coefficient (Wildman–Crippen LogP) is 3.60. The maximum Gasteiger partial charge on any atom is 0.426 e. The summed E-state index contributed by atoms with van der Waals surface area (Å²) in [5, 5.41) is 3.17. The van der Waals surface area contributed by atoms with Gasteiger partial charge in [0.2, 0.25) is 0 Å². The summed E-state index contributed by atoms with van der Waals surface area (Å²) in [6, 6.07) is 16.5. The molecule has 0 heterocycles. The largest absolute Gasteiger partial charge is 0.443 e. The molecule has 0 spiro atoms. The smallest absolute Gasteiger partial charge is 0.426 e. The monoisotopic (exact) mass is 327 g/mol. The van der Waals surface area contributed by atoms with E-state index in [1.807, 2.05) is 36.4 Å². The molecule has 24 heavy (non-hydrogen) atoms. The van der Waals surface area contributed by atoms with Gasteiger partial charge in [0, 0.05) is 5.69 Å². The lowest BCUT2D eigenvalue weighted by atomic mass is 10.1. The Morgan fingerprint density at radius 1 is 0.875 bits per heavy atom. The molecule has 0 bridgehead atoms. The highest BCUT2D eigenvalue weighted by Gasteiger charge is 2.17. The Hall–Kier alpha value is -3.02. The lowest BCUT2D eigenvalue weighted by Crippen LogP contribution is -2.44. The standard InChI is InChI=1S/C18H21N3O3/c1-18(2,3)24-17(23)21-20-16(22)14-11-7-8-12-15(14)19-13-9-5-4-6-10-13/h4-12,19H,1-3H3,(H,20,22)(H,21,23). The molecule has 2 amide bonds. The number of hydrazine groups is 1. The van der Waals surface area contributed by atoms with Crippen molar-refractivity contribution in [1.82, 2.24) is 10.9 Å². The van der Waals surface area contributed by atoms with Crippen molar-refractivity contribution < 1.29 is 14.3 Å². The molecule has 0 atom stereocenters. The Balaban J connectivity index is 2.03. The fourth-order valence-corrected chi connectivity index (χ4v) is 1.95. The number of ether oxygens (including phenoxy) is 1. The number of carbonyl (C=O) groups excluding carboxylic acids is 2. The van der Waals surface area contributed by atoms with E-state index in [9.17, 15) is 9.59 Å². The minimum atomic E-state index is -0.718. The highest BCUT2D eigenvalue weighted by Crippen LogP contribution is 2.20. The van der Waals surface area contributed by atoms with E-state index in [2.05, 4.69) is 16.2 Å². The van der Waals surface area contributed by atoms with E-state index in [0.717, 1.165) is 5.69 Å². The number of nitrogens with one attached hydrogen (secondary N) is 3. The van der Waals surface area contributed by atoms with Gasteiger partial charge in [-0.1, -0.05) is 30.3 Å². The van der Waals surface area contributed by atoms with E-state index < -0.39 is 17.6 Å². The van der Waals surface area contributed by atoms with Crippen LogP contribution in [0.5, 0.6) is 0 Å². The zero-order valence-electron chi connectivity index (χ0n) is 13.9. The van der Waals surface area contributed by atoms with Crippen LogP contribution in [-0.2, 0) is 4.74 Å². The van der Waals surface area contributed by atoms with Gasteiger partial charge in [-0.25, -0.2) is 10.2 Å². The first-order valence-corrected chi connectivity index (χ1v) is 7.55. The molecule has 126 valence electrons. The Morgan fingerprint density at radius 3 is 2.17 bits per heavy atom. The lowest BCUT2D eigenvalue weighted by Gasteiger charge is -2.20. The number of carbonyl (C=O) groups is 2. The molecule has 0 saturated carbocycles. The number of hydrogen-bond donors (Lipinski definition) is 3. The van der Waals surface area contributed by atoms with Crippen molar-refractivity contribution in [3.05, 3.63) is 60.2 Å². The molecule has 6 heteroatoms. The van der Waals surface area contributed by atoms with Crippen LogP contribution in [0.4, 0.5) is 16.2 Å². The van der Waals surface area contributed by atoms with Gasteiger partial charge in [-0.15, -0.1) is 0 Å². The quantitative estimate of drug-likeness (QED) is 0.753. The van der Waals surface area contributed by atoms with Gasteiger partial charge in [-0.2, -0.15) is 0 Å². The van der Waals surface area contributed by atoms with Crippen molar-refractivity contribution in [2.45, 2.75) is 26.4 Å². The minimum absolute atomic E-state index is 0.400. The van der Waals surface area contributed by atoms with Gasteiger partial charge in [0.1, 0.15) is 5.60 Å². The summed E-state index contributed by atoms with van der Waals surface area (Å²) in [5.74, 6) is -0.445. The second kappa shape index (κ2) is 7.50. The number of para-hydroxylation sites is 2. The summed E-state index contributed by atoms with van der Waals surface area (Å²) in [6.07, 6.45) is -0.718. The zero-order chi connectivity index (χ0) is 17.6. The van der Waals surface area contributed by atoms with E-state index in [4.69, 9.17) is 4.74 Å². The molecule has 2 rings (SSSR count). The first-order chi connectivity index (χ1) is 11.3. The molecular formula is C18H21N3O3. The van der Waals surface area contributed by atoms with Gasteiger partial charge in [-0.3, -0.25) is 10.2 Å². The second-order valence-electron chi connectivity index (χ2n) is 6.12. The van der Waals surface area contributed by atoms with Crippen molar-refractivity contribution in [2.75, 3.05) is 5.32 Å². The SMILES string of the molecule is CC(C)(C)OC(=O)NNC(=O)c1ccccc1Nc1ccccc1. The normalized spacial score (nSPS) is 10.6. The van der Waals surface area contributed by atoms with Gasteiger partial charge in [-0.05, 0) is 45.0 Å². The number of rotatable bonds is 3. The third-order valence-corrected chi connectivity index (χ3v) is 2.90. The number of benzene rings is 2. The molecule has 0 unspecified atom stereocenters. The third-order valence-electron chi connectivity index (χ3n) is 2.90. The Bertz CT molecular complexity index is 709. The fraction of sp³-hybridized carbons (Fsp3) is 0.222. The average Bonchev–Trinajstić information content (AvgIpc) is 2.52. The van der Waals surface area contributed by atoms with Crippen molar-refractivity contribution in [3.63, 3.8) is 0 Å². The van der Waals surface area contributed by atoms with Gasteiger partial charge >= 0.3 is 6.09 Å². The van der Waals surface area contributed by atoms with Gasteiger partial charge < -0.3 is 10.1 Å². The molecule has 6 nitrogen and oxygen atoms in total. The Kier molecular flexibility index (Phi) is 5.42. The number of anilines is 2. The molecule has 2 aromatic rings. The topological polar surface area (TPSA) is 79.5 Å². The summed E-state index contributed by atoms with van der Waals surface area (Å²) in [6.45, 7) is 5.23. The first kappa shape index (κ1) is 17.3. The highest BCUT2D eigenvalue weighted by molar-refractivity contribution is 6.00. The summed E-state index contributed by atoms with van der Waals surface area (Å²) in [7, 11) is 0. The predicted molar refractivity (Wildman–Crippen MR) is 93.0 cm³/mol. The van der Waals surface area contributed by atoms with Crippen LogP contribution < -0.4 is 16.2 Å². The van der Waals surface area contributed by atoms with E-state index in [0.29, 0.717) is 11.3 Å². The van der Waals surface area contributed by atoms with Crippen LogP contribution >= 0.6 is 0 Å². The minimum Gasteiger partial charge on any atom is -0.443 e. The summed E-state index contributed by atoms with van der Waals surface area (Å²) in [5.41, 5.74) is 5.84. The summed E-state index contributed by atoms with van der Waals surface area (Å²) in [4.78, 5) is 23.9. The molecule has 0 aromatic heterocycles. The van der Waals surface area contributed by atoms with E-state index in [1.54, 1.807) is 39.0 Å². The van der Waals surface area contributed by atoms with Crippen molar-refractivity contribution in [2.24, 2.45) is 0 Å². The third kappa shape index (κ3) is 5.31. The van der Waals surface area contributed by atoms with E-state index >= 15 is 0 Å². The van der Waals surface area contributed by atoms with Crippen molar-refractivity contribution >= 4 is 23.4 Å². The number of amides is 2. The zero-order valence-corrected chi connectivity index (χ0v) is 13.9. The molecular weight excluding hydrogens is 306 g/mol. The van der Waals surface area contributed by atoms with E-state index in [1.165, 1.54) is 0 Å². The van der Waals surface area contributed by atoms with Crippen molar-refractivity contribution in [3.8, 4) is 0 Å². The first-order valence-electron chi connectivity index (χ1n) is 7.55. The van der Waals surface area contributed by atoms with Crippen LogP contribution in [0.25, 0.3) is 0 Å². The molecule has 0 aliphatic rings. The second-order valence-corrected chi connectivity index (χ2v) is 6.12. The molecule has 0 aliphatic heterocycles. The van der Waals surface area contributed by atoms with Crippen LogP contribution in [-0.4, -0.2) is 17.6 Å². The average molecular weight is 327 g/mol. The van der Waals surface area contributed by atoms with Crippen LogP contribution in [0.1, 0.15) is 31.1 Å². The van der Waals surface area contributed by atoms with E-state index in [-0.39, 0.29) is 0 Å². The molecule has 0 radical (unpaired) electrons. The fourth-order valence-electron chi connectivity index (χ4n) is 1.95. The lowest BCUT2D eigenvalue weighted by molar-refractivity contribution is 0.0483. The maximum absolute atomic E-state index is 12.3. The maximum atomic E-state index is 12.3. The van der Waals surface area contributed by atoms with Crippen LogP contribution in [0.15, 0.2) is 54.6 Å². The Labute approximate surface area is 141 Å². The summed E-state index contributed by atoms with van der Waals surface area (Å²) < 4.78 is 5.07. The van der Waals surface area contributed by atoms with Gasteiger partial charge in [0.15, 0.2) is 0 Å². The molecule has 0 fully saturated rings. The van der Waals surface area contributed by atoms with Gasteiger partial charge in [0.25, 0.3) is 5.91 Å². The molecule has 0 aliphatic carbocycles. The van der Waals surface area contributed by atoms with Crippen LogP contribution in [0, 0.1) is 0 Å². The van der Waals surface area contributed by atoms with Crippen molar-refractivity contribution in [1.29, 1.82) is 0 Å².